The molecule has 2 heterocycles. The number of carbonyl (C=O) groups is 5. The van der Waals surface area contributed by atoms with Crippen LogP contribution in [0.25, 0.3) is 11.1 Å². The molecular formula is C40H51F3N6O6S. The number of amides is 4. The number of carboxylic acids is 1. The third kappa shape index (κ3) is 13.4. The highest BCUT2D eigenvalue weighted by Gasteiger charge is 2.40. The molecule has 1 aliphatic heterocycles. The Morgan fingerprint density at radius 3 is 2.29 bits per heavy atom. The predicted molar refractivity (Wildman–Crippen MR) is 208 cm³/mol. The lowest BCUT2D eigenvalue weighted by atomic mass is 9.82. The lowest BCUT2D eigenvalue weighted by Crippen LogP contribution is -2.46. The van der Waals surface area contributed by atoms with Crippen LogP contribution in [0.2, 0.25) is 0 Å². The molecule has 5 N–H and O–H groups in total. The Hall–Kier alpha value is -4.83. The first-order valence-electron chi connectivity index (χ1n) is 18.6. The summed E-state index contributed by atoms with van der Waals surface area (Å²) in [4.78, 5) is 62.6. The molecule has 0 radical (unpaired) electrons. The van der Waals surface area contributed by atoms with Gasteiger partial charge in [0.2, 0.25) is 23.6 Å². The monoisotopic (exact) mass is 800 g/mol. The van der Waals surface area contributed by atoms with Crippen LogP contribution < -0.4 is 21.3 Å². The van der Waals surface area contributed by atoms with Crippen molar-refractivity contribution in [3.05, 3.63) is 83.7 Å². The largest absolute Gasteiger partial charge is 0.481 e. The average Bonchev–Trinajstić information content (AvgIpc) is 3.75. The average molecular weight is 801 g/mol. The zero-order valence-corrected chi connectivity index (χ0v) is 32.7. The van der Waals surface area contributed by atoms with E-state index in [2.05, 4.69) is 21.3 Å². The van der Waals surface area contributed by atoms with Crippen molar-refractivity contribution >= 4 is 41.4 Å². The molecule has 12 nitrogen and oxygen atoms in total. The number of carboxylic acid groups (broad SMARTS) is 1. The summed E-state index contributed by atoms with van der Waals surface area (Å²) in [5.41, 5.74) is 1.58. The number of aliphatic carboxylic acids is 1. The third-order valence-corrected chi connectivity index (χ3v) is 10.2. The van der Waals surface area contributed by atoms with E-state index in [0.29, 0.717) is 30.1 Å². The molecule has 0 bridgehead atoms. The second-order valence-corrected chi connectivity index (χ2v) is 15.9. The molecule has 3 aromatic rings. The molecule has 2 aromatic carbocycles. The summed E-state index contributed by atoms with van der Waals surface area (Å²) in [6.07, 6.45) is 0.112. The summed E-state index contributed by atoms with van der Waals surface area (Å²) in [5, 5.41) is 19.3. The fourth-order valence-electron chi connectivity index (χ4n) is 6.55. The van der Waals surface area contributed by atoms with Gasteiger partial charge < -0.3 is 35.8 Å². The van der Waals surface area contributed by atoms with Gasteiger partial charge in [0, 0.05) is 86.8 Å². The van der Waals surface area contributed by atoms with Crippen LogP contribution in [0.4, 0.5) is 13.2 Å². The first-order valence-corrected chi connectivity index (χ1v) is 19.7. The lowest BCUT2D eigenvalue weighted by Gasteiger charge is -2.42. The van der Waals surface area contributed by atoms with E-state index in [-0.39, 0.29) is 75.1 Å². The molecule has 304 valence electrons. The SMILES string of the molecule is CC(C)(C)[C@H](c1cc(-c2cc(F)ccc2F)cn1Cc1ccccc1)N(CC1CNC[C@@H]1F)C(=O)CSCCC(=O)NCCNC(=O)CNC(=O)CCC(=O)O. The molecule has 0 aliphatic carbocycles. The molecule has 56 heavy (non-hydrogen) atoms. The molecule has 3 atom stereocenters. The number of aromatic nitrogens is 1. The normalized spacial score (nSPS) is 15.9. The smallest absolute Gasteiger partial charge is 0.303 e. The molecule has 4 amide bonds. The van der Waals surface area contributed by atoms with Crippen LogP contribution in [0, 0.1) is 23.0 Å². The number of nitrogens with zero attached hydrogens (tertiary/aromatic N) is 2. The van der Waals surface area contributed by atoms with Crippen molar-refractivity contribution in [1.82, 2.24) is 30.7 Å². The number of benzene rings is 2. The second kappa shape index (κ2) is 20.9. The first kappa shape index (κ1) is 43.9. The second-order valence-electron chi connectivity index (χ2n) is 14.8. The fraction of sp³-hybridized carbons (Fsp3) is 0.475. The van der Waals surface area contributed by atoms with Crippen LogP contribution in [0.5, 0.6) is 0 Å². The summed E-state index contributed by atoms with van der Waals surface area (Å²) in [7, 11) is 0. The van der Waals surface area contributed by atoms with Gasteiger partial charge in [-0.3, -0.25) is 24.0 Å². The highest BCUT2D eigenvalue weighted by Crippen LogP contribution is 2.42. The maximum Gasteiger partial charge on any atom is 0.303 e. The molecule has 1 aliphatic rings. The predicted octanol–water partition coefficient (Wildman–Crippen LogP) is 4.29. The summed E-state index contributed by atoms with van der Waals surface area (Å²) in [6.45, 7) is 6.95. The Kier molecular flexibility index (Phi) is 16.4. The van der Waals surface area contributed by atoms with E-state index in [4.69, 9.17) is 5.11 Å². The van der Waals surface area contributed by atoms with E-state index in [1.165, 1.54) is 11.8 Å². The Morgan fingerprint density at radius 1 is 0.929 bits per heavy atom. The Labute approximate surface area is 329 Å². The summed E-state index contributed by atoms with van der Waals surface area (Å²) in [5.74, 6) is -4.04. The Balaban J connectivity index is 1.44. The maximum atomic E-state index is 15.1. The van der Waals surface area contributed by atoms with Gasteiger partial charge in [0.1, 0.15) is 17.8 Å². The third-order valence-electron chi connectivity index (χ3n) is 9.27. The van der Waals surface area contributed by atoms with Gasteiger partial charge in [0.05, 0.1) is 24.8 Å². The Morgan fingerprint density at radius 2 is 1.62 bits per heavy atom. The van der Waals surface area contributed by atoms with E-state index < -0.39 is 53.0 Å². The minimum atomic E-state index is -1.16. The van der Waals surface area contributed by atoms with Crippen molar-refractivity contribution in [3.8, 4) is 11.1 Å². The van der Waals surface area contributed by atoms with Crippen molar-refractivity contribution in [1.29, 1.82) is 0 Å². The fourth-order valence-corrected chi connectivity index (χ4v) is 7.36. The number of hydrogen-bond acceptors (Lipinski definition) is 7. The van der Waals surface area contributed by atoms with Crippen LogP contribution in [-0.2, 0) is 30.5 Å². The molecule has 0 spiro atoms. The minimum absolute atomic E-state index is 0.00990. The van der Waals surface area contributed by atoms with Crippen molar-refractivity contribution in [2.45, 2.75) is 58.8 Å². The lowest BCUT2D eigenvalue weighted by molar-refractivity contribution is -0.139. The highest BCUT2D eigenvalue weighted by molar-refractivity contribution is 7.99. The van der Waals surface area contributed by atoms with Gasteiger partial charge in [0.25, 0.3) is 0 Å². The molecule has 0 saturated carbocycles. The van der Waals surface area contributed by atoms with Crippen molar-refractivity contribution in [2.24, 2.45) is 11.3 Å². The highest BCUT2D eigenvalue weighted by atomic mass is 32.2. The number of rotatable bonds is 20. The number of carbonyl (C=O) groups excluding carboxylic acids is 4. The molecule has 1 aromatic heterocycles. The van der Waals surface area contributed by atoms with Gasteiger partial charge >= 0.3 is 5.97 Å². The molecule has 16 heteroatoms. The van der Waals surface area contributed by atoms with Gasteiger partial charge in [-0.05, 0) is 35.2 Å². The van der Waals surface area contributed by atoms with Crippen LogP contribution in [0.1, 0.15) is 57.3 Å². The molecule has 1 fully saturated rings. The van der Waals surface area contributed by atoms with Gasteiger partial charge in [-0.1, -0.05) is 51.1 Å². The number of nitrogens with one attached hydrogen (secondary N) is 4. The minimum Gasteiger partial charge on any atom is -0.481 e. The topological polar surface area (TPSA) is 162 Å². The van der Waals surface area contributed by atoms with Crippen molar-refractivity contribution in [3.63, 3.8) is 0 Å². The molecule has 1 saturated heterocycles. The van der Waals surface area contributed by atoms with Crippen molar-refractivity contribution in [2.75, 3.05) is 50.8 Å². The van der Waals surface area contributed by atoms with Gasteiger partial charge in [-0.25, -0.2) is 13.2 Å². The van der Waals surface area contributed by atoms with E-state index in [9.17, 15) is 28.4 Å². The van der Waals surface area contributed by atoms with Crippen LogP contribution in [-0.4, -0.2) is 101 Å². The van der Waals surface area contributed by atoms with Gasteiger partial charge in [-0.2, -0.15) is 11.8 Å². The molecule has 4 rings (SSSR count). The number of alkyl halides is 1. The standard InChI is InChI=1S/C40H51F3N6O6S/c1-40(2,3)39(33-17-27(30-18-29(41)9-10-31(30)42)23-48(33)22-26-7-5-4-6-8-26)49(24-28-19-44-20-32(28)43)37(53)25-56-16-13-35(51)45-14-15-46-36(52)21-47-34(50)11-12-38(54)55/h4-10,17-18,23,28,32,39,44H,11-16,19-22,24-25H2,1-3H3,(H,45,51)(H,46,52)(H,47,50)(H,54,55)/t28?,32-,39-/m0/s1. The zero-order chi connectivity index (χ0) is 40.8. The van der Waals surface area contributed by atoms with E-state index in [0.717, 1.165) is 23.8 Å². The number of hydrogen-bond donors (Lipinski definition) is 5. The molecular weight excluding hydrogens is 750 g/mol. The Bertz CT molecular complexity index is 1820. The summed E-state index contributed by atoms with van der Waals surface area (Å²) >= 11 is 1.27. The zero-order valence-electron chi connectivity index (χ0n) is 31.9. The quantitative estimate of drug-likeness (QED) is 0.106. The van der Waals surface area contributed by atoms with Crippen molar-refractivity contribution < 1.29 is 42.3 Å². The maximum absolute atomic E-state index is 15.1. The van der Waals surface area contributed by atoms with E-state index in [1.807, 2.05) is 55.7 Å². The summed E-state index contributed by atoms with van der Waals surface area (Å²) in [6, 6.07) is 14.1. The van der Waals surface area contributed by atoms with Crippen LogP contribution in [0.3, 0.4) is 0 Å². The van der Waals surface area contributed by atoms with Gasteiger partial charge in [-0.15, -0.1) is 0 Å². The summed E-state index contributed by atoms with van der Waals surface area (Å²) < 4.78 is 46.6. The molecule has 1 unspecified atom stereocenters. The number of halogens is 3. The van der Waals surface area contributed by atoms with E-state index in [1.54, 1.807) is 17.2 Å². The first-order chi connectivity index (χ1) is 26.6. The van der Waals surface area contributed by atoms with Crippen LogP contribution in [0.15, 0.2) is 60.8 Å². The van der Waals surface area contributed by atoms with Gasteiger partial charge in [0.15, 0.2) is 0 Å². The number of thioether (sulfide) groups is 1. The van der Waals surface area contributed by atoms with Crippen LogP contribution >= 0.6 is 11.8 Å². The van der Waals surface area contributed by atoms with E-state index >= 15 is 8.78 Å².